The van der Waals surface area contributed by atoms with Crippen molar-refractivity contribution in [3.05, 3.63) is 101 Å². The number of alkyl halides is 3. The van der Waals surface area contributed by atoms with Crippen LogP contribution >= 0.6 is 0 Å². The molecule has 0 aliphatic carbocycles. The number of ether oxygens (including phenoxy) is 3. The minimum Gasteiger partial charge on any atom is -0.481 e. The summed E-state index contributed by atoms with van der Waals surface area (Å²) in [6, 6.07) is 13.7. The van der Waals surface area contributed by atoms with Crippen LogP contribution in [0.2, 0.25) is 0 Å². The summed E-state index contributed by atoms with van der Waals surface area (Å²) in [6.07, 6.45) is 0.911. The van der Waals surface area contributed by atoms with Crippen LogP contribution in [-0.4, -0.2) is 11.1 Å². The molecule has 3 aromatic rings. The number of carbonyl (C=O) groups is 1. The zero-order valence-electron chi connectivity index (χ0n) is 21.6. The Bertz CT molecular complexity index is 1360. The van der Waals surface area contributed by atoms with Crippen LogP contribution in [0.4, 0.5) is 13.2 Å². The molecule has 0 bridgehead atoms. The number of carboxylic acids is 1. The predicted molar refractivity (Wildman–Crippen MR) is 139 cm³/mol. The average molecular weight is 527 g/mol. The van der Waals surface area contributed by atoms with Gasteiger partial charge in [-0.3, -0.25) is 4.79 Å². The Morgan fingerprint density at radius 2 is 1.58 bits per heavy atom. The number of carboxylic acid groups (broad SMARTS) is 1. The molecule has 0 spiro atoms. The largest absolute Gasteiger partial charge is 0.481 e. The molecule has 0 amide bonds. The topological polar surface area (TPSA) is 65.0 Å². The van der Waals surface area contributed by atoms with E-state index in [1.54, 1.807) is 56.3 Å². The first-order chi connectivity index (χ1) is 18.0. The number of aliphatic carboxylic acids is 1. The van der Waals surface area contributed by atoms with Gasteiger partial charge in [-0.05, 0) is 99.4 Å². The minimum absolute atomic E-state index is 0.0413. The first-order valence-electron chi connectivity index (χ1n) is 12.0. The van der Waals surface area contributed by atoms with Crippen molar-refractivity contribution < 1.29 is 37.3 Å². The lowest BCUT2D eigenvalue weighted by molar-refractivity contribution is -0.138. The predicted octanol–water partition coefficient (Wildman–Crippen LogP) is 8.78. The molecule has 0 saturated carbocycles. The molecule has 3 rings (SSSR count). The van der Waals surface area contributed by atoms with Gasteiger partial charge in [0.25, 0.3) is 0 Å². The summed E-state index contributed by atoms with van der Waals surface area (Å²) in [5, 5.41) is 8.91. The third-order valence-corrected chi connectivity index (χ3v) is 5.65. The van der Waals surface area contributed by atoms with Crippen LogP contribution in [-0.2, 0) is 17.4 Å². The van der Waals surface area contributed by atoms with Crippen LogP contribution in [0, 0.1) is 13.8 Å². The van der Waals surface area contributed by atoms with E-state index in [9.17, 15) is 18.0 Å². The number of aryl methyl sites for hydroxylation is 3. The van der Waals surface area contributed by atoms with Crippen molar-refractivity contribution in [1.29, 1.82) is 0 Å². The lowest BCUT2D eigenvalue weighted by Crippen LogP contribution is -2.06. The monoisotopic (exact) mass is 526 g/mol. The molecular formula is C30H29F3O5. The molecular weight excluding hydrogens is 497 g/mol. The zero-order valence-corrected chi connectivity index (χ0v) is 21.6. The fourth-order valence-corrected chi connectivity index (χ4v) is 3.59. The van der Waals surface area contributed by atoms with Gasteiger partial charge in [-0.25, -0.2) is 0 Å². The second-order valence-electron chi connectivity index (χ2n) is 8.57. The lowest BCUT2D eigenvalue weighted by Gasteiger charge is -2.17. The van der Waals surface area contributed by atoms with Gasteiger partial charge in [-0.15, -0.1) is 0 Å². The average Bonchev–Trinajstić information content (AvgIpc) is 2.85. The normalized spacial score (nSPS) is 12.0. The number of allylic oxidation sites excluding steroid dienone is 3. The number of rotatable bonds is 10. The van der Waals surface area contributed by atoms with Crippen LogP contribution < -0.4 is 14.2 Å². The number of hydrogen-bond acceptors (Lipinski definition) is 4. The van der Waals surface area contributed by atoms with Gasteiger partial charge in [0.05, 0.1) is 5.56 Å². The summed E-state index contributed by atoms with van der Waals surface area (Å²) in [5.74, 6) is 0.940. The second-order valence-corrected chi connectivity index (χ2v) is 8.57. The van der Waals surface area contributed by atoms with E-state index in [1.165, 1.54) is 6.07 Å². The van der Waals surface area contributed by atoms with Gasteiger partial charge >= 0.3 is 12.1 Å². The van der Waals surface area contributed by atoms with Crippen molar-refractivity contribution in [3.63, 3.8) is 0 Å². The minimum atomic E-state index is -4.54. The second kappa shape index (κ2) is 12.4. The summed E-state index contributed by atoms with van der Waals surface area (Å²) in [6.45, 7) is 7.18. The number of benzene rings is 3. The highest BCUT2D eigenvalue weighted by atomic mass is 19.4. The lowest BCUT2D eigenvalue weighted by atomic mass is 10.0. The van der Waals surface area contributed by atoms with E-state index in [0.29, 0.717) is 29.4 Å². The SMILES string of the molecule is C/C=C\C(=C/C)Oc1cc(C(F)(F)F)ccc1Oc1cc(Oc2ccc(CCC(=O)O)c(C)c2)ccc1C. The third-order valence-electron chi connectivity index (χ3n) is 5.65. The van der Waals surface area contributed by atoms with Gasteiger partial charge in [0.2, 0.25) is 0 Å². The molecule has 0 unspecified atom stereocenters. The molecule has 5 nitrogen and oxygen atoms in total. The van der Waals surface area contributed by atoms with Gasteiger partial charge in [-0.2, -0.15) is 13.2 Å². The van der Waals surface area contributed by atoms with Crippen molar-refractivity contribution in [2.75, 3.05) is 0 Å². The highest BCUT2D eigenvalue weighted by Gasteiger charge is 2.32. The van der Waals surface area contributed by atoms with Crippen LogP contribution in [0.25, 0.3) is 0 Å². The first kappa shape index (κ1) is 28.4. The molecule has 0 aromatic heterocycles. The number of hydrogen-bond donors (Lipinski definition) is 1. The third kappa shape index (κ3) is 7.65. The maximum Gasteiger partial charge on any atom is 0.416 e. The standard InChI is InChI=1S/C30H29F3O5/c1-5-7-23(6-2)37-28-17-22(30(31,32)33)11-14-26(28)38-27-18-25(12-8-19(27)3)36-24-13-9-21(20(4)16-24)10-15-29(34)35/h5-9,11-14,16-18H,10,15H2,1-4H3,(H,34,35)/b7-5-,23-6+. The fourth-order valence-electron chi connectivity index (χ4n) is 3.59. The molecule has 0 atom stereocenters. The fraction of sp³-hybridized carbons (Fsp3) is 0.233. The molecule has 3 aromatic carbocycles. The van der Waals surface area contributed by atoms with Crippen molar-refractivity contribution in [2.45, 2.75) is 46.7 Å². The number of halogens is 3. The molecule has 0 radical (unpaired) electrons. The molecule has 38 heavy (non-hydrogen) atoms. The maximum absolute atomic E-state index is 13.4. The summed E-state index contributed by atoms with van der Waals surface area (Å²) >= 11 is 0. The Morgan fingerprint density at radius 3 is 2.21 bits per heavy atom. The van der Waals surface area contributed by atoms with Gasteiger partial charge in [0.1, 0.15) is 23.0 Å². The van der Waals surface area contributed by atoms with E-state index >= 15 is 0 Å². The Hall–Kier alpha value is -4.20. The smallest absolute Gasteiger partial charge is 0.416 e. The highest BCUT2D eigenvalue weighted by molar-refractivity contribution is 5.67. The Morgan fingerprint density at radius 1 is 0.868 bits per heavy atom. The highest BCUT2D eigenvalue weighted by Crippen LogP contribution is 2.40. The maximum atomic E-state index is 13.4. The van der Waals surface area contributed by atoms with Gasteiger partial charge in [0, 0.05) is 12.5 Å². The molecule has 0 heterocycles. The van der Waals surface area contributed by atoms with Crippen molar-refractivity contribution in [3.8, 4) is 28.7 Å². The summed E-state index contributed by atoms with van der Waals surface area (Å²) < 4.78 is 57.9. The quantitative estimate of drug-likeness (QED) is 0.211. The molecule has 0 fully saturated rings. The van der Waals surface area contributed by atoms with E-state index in [4.69, 9.17) is 19.3 Å². The Balaban J connectivity index is 1.89. The molecule has 1 N–H and O–H groups in total. The molecule has 200 valence electrons. The van der Waals surface area contributed by atoms with Crippen LogP contribution in [0.3, 0.4) is 0 Å². The Kier molecular flexibility index (Phi) is 9.23. The molecule has 0 aliphatic heterocycles. The van der Waals surface area contributed by atoms with E-state index in [-0.39, 0.29) is 17.9 Å². The molecule has 0 aliphatic rings. The van der Waals surface area contributed by atoms with Crippen LogP contribution in [0.15, 0.2) is 78.6 Å². The molecule has 0 saturated heterocycles. The Labute approximate surface area is 219 Å². The first-order valence-corrected chi connectivity index (χ1v) is 12.0. The van der Waals surface area contributed by atoms with E-state index in [0.717, 1.165) is 28.8 Å². The zero-order chi connectivity index (χ0) is 27.9. The van der Waals surface area contributed by atoms with Crippen LogP contribution in [0.1, 0.15) is 42.5 Å². The molecule has 8 heteroatoms. The van der Waals surface area contributed by atoms with Crippen molar-refractivity contribution in [2.24, 2.45) is 0 Å². The van der Waals surface area contributed by atoms with E-state index < -0.39 is 17.7 Å². The van der Waals surface area contributed by atoms with E-state index in [2.05, 4.69) is 0 Å². The van der Waals surface area contributed by atoms with E-state index in [1.807, 2.05) is 26.0 Å². The summed E-state index contributed by atoms with van der Waals surface area (Å²) in [7, 11) is 0. The van der Waals surface area contributed by atoms with Gasteiger partial charge in [-0.1, -0.05) is 18.2 Å². The van der Waals surface area contributed by atoms with Gasteiger partial charge in [0.15, 0.2) is 11.5 Å². The summed E-state index contributed by atoms with van der Waals surface area (Å²) in [4.78, 5) is 10.9. The van der Waals surface area contributed by atoms with Crippen molar-refractivity contribution >= 4 is 5.97 Å². The van der Waals surface area contributed by atoms with Crippen molar-refractivity contribution in [1.82, 2.24) is 0 Å². The van der Waals surface area contributed by atoms with Crippen LogP contribution in [0.5, 0.6) is 28.7 Å². The van der Waals surface area contributed by atoms with Gasteiger partial charge < -0.3 is 19.3 Å². The summed E-state index contributed by atoms with van der Waals surface area (Å²) in [5.41, 5.74) is 1.70.